The summed E-state index contributed by atoms with van der Waals surface area (Å²) in [6.07, 6.45) is 2.70. The number of rotatable bonds is 2. The predicted molar refractivity (Wildman–Crippen MR) is 105 cm³/mol. The molecule has 1 aliphatic heterocycles. The minimum atomic E-state index is -2.19. The normalized spacial score (nSPS) is 23.7. The lowest BCUT2D eigenvalue weighted by Crippen LogP contribution is -2.63. The molecule has 0 radical (unpaired) electrons. The molecule has 1 nitrogen and oxygen atoms in total. The van der Waals surface area contributed by atoms with E-state index in [2.05, 4.69) is 84.9 Å². The molecule has 1 fully saturated rings. The van der Waals surface area contributed by atoms with E-state index < -0.39 is 8.32 Å². The number of benzene rings is 3. The third-order valence-electron chi connectivity index (χ3n) is 5.95. The van der Waals surface area contributed by atoms with E-state index in [1.807, 2.05) is 0 Å². The predicted octanol–water partition coefficient (Wildman–Crippen LogP) is 4.08. The first-order valence-electron chi connectivity index (χ1n) is 9.23. The summed E-state index contributed by atoms with van der Waals surface area (Å²) in [6, 6.07) is 32.0. The van der Waals surface area contributed by atoms with Crippen molar-refractivity contribution in [3.8, 4) is 0 Å². The fourth-order valence-corrected chi connectivity index (χ4v) is 9.02. The van der Waals surface area contributed by atoms with Gasteiger partial charge in [-0.15, -0.1) is 0 Å². The van der Waals surface area contributed by atoms with E-state index in [0.717, 1.165) is 0 Å². The summed E-state index contributed by atoms with van der Waals surface area (Å²) in [5, 5.41) is 2.81. The van der Waals surface area contributed by atoms with E-state index in [-0.39, 0.29) is 6.10 Å². The molecule has 2 atom stereocenters. The van der Waals surface area contributed by atoms with Gasteiger partial charge in [0, 0.05) is 0 Å². The number of hydrogen-bond donors (Lipinski definition) is 0. The maximum absolute atomic E-state index is 7.14. The molecule has 0 spiro atoms. The molecular formula is C23H22OSi. The van der Waals surface area contributed by atoms with Gasteiger partial charge in [-0.25, -0.2) is 0 Å². The minimum Gasteiger partial charge on any atom is -0.401 e. The molecule has 0 aromatic heterocycles. The highest BCUT2D eigenvalue weighted by Crippen LogP contribution is 2.47. The van der Waals surface area contributed by atoms with Crippen LogP contribution >= 0.6 is 0 Å². The second-order valence-corrected chi connectivity index (χ2v) is 10.8. The molecule has 2 heteroatoms. The highest BCUT2D eigenvalue weighted by atomic mass is 28.4. The lowest BCUT2D eigenvalue weighted by Gasteiger charge is -2.42. The lowest BCUT2D eigenvalue weighted by molar-refractivity contribution is 0.120. The Balaban J connectivity index is 1.64. The SMILES string of the molecule is c1ccc([Si]2(c3ccccc3)CC[C@H]3Cc4ccccc4[C@H]3O2)cc1. The van der Waals surface area contributed by atoms with Crippen LogP contribution in [0.1, 0.15) is 23.7 Å². The average Bonchev–Trinajstić information content (AvgIpc) is 3.07. The monoisotopic (exact) mass is 342 g/mol. The fraction of sp³-hybridized carbons (Fsp3) is 0.217. The van der Waals surface area contributed by atoms with Crippen molar-refractivity contribution in [2.24, 2.45) is 5.92 Å². The Kier molecular flexibility index (Phi) is 3.61. The van der Waals surface area contributed by atoms with Crippen molar-refractivity contribution in [1.29, 1.82) is 0 Å². The summed E-state index contributed by atoms with van der Waals surface area (Å²) in [4.78, 5) is 0. The summed E-state index contributed by atoms with van der Waals surface area (Å²) in [5.74, 6) is 0.644. The summed E-state index contributed by atoms with van der Waals surface area (Å²) in [5.41, 5.74) is 2.92. The van der Waals surface area contributed by atoms with Crippen molar-refractivity contribution in [3.63, 3.8) is 0 Å². The quantitative estimate of drug-likeness (QED) is 0.638. The van der Waals surface area contributed by atoms with Crippen LogP contribution in [-0.2, 0) is 10.8 Å². The van der Waals surface area contributed by atoms with Crippen LogP contribution in [0.5, 0.6) is 0 Å². The van der Waals surface area contributed by atoms with Crippen LogP contribution in [0, 0.1) is 5.92 Å². The van der Waals surface area contributed by atoms with E-state index >= 15 is 0 Å². The molecule has 5 rings (SSSR count). The molecule has 1 saturated heterocycles. The summed E-state index contributed by atoms with van der Waals surface area (Å²) >= 11 is 0. The Hall–Kier alpha value is -2.16. The van der Waals surface area contributed by atoms with Crippen molar-refractivity contribution < 1.29 is 4.43 Å². The van der Waals surface area contributed by atoms with Crippen molar-refractivity contribution in [1.82, 2.24) is 0 Å². The van der Waals surface area contributed by atoms with Crippen LogP contribution in [0.4, 0.5) is 0 Å². The standard InChI is InChI=1S/C23H22OSi/c1-3-10-20(11-4-1)25(21-12-5-2-6-13-21)16-15-19-17-18-9-7-8-14-22(18)23(19)24-25/h1-14,19,23H,15-17H2/t19-,23-/m0/s1. The molecule has 124 valence electrons. The zero-order valence-corrected chi connectivity index (χ0v) is 15.3. The molecule has 0 unspecified atom stereocenters. The first-order valence-corrected chi connectivity index (χ1v) is 11.3. The first-order chi connectivity index (χ1) is 12.4. The van der Waals surface area contributed by atoms with Gasteiger partial charge in [0.2, 0.25) is 0 Å². The Labute approximate surface area is 150 Å². The molecule has 0 bridgehead atoms. The van der Waals surface area contributed by atoms with E-state index in [4.69, 9.17) is 4.43 Å². The van der Waals surface area contributed by atoms with Crippen molar-refractivity contribution in [2.75, 3.05) is 0 Å². The molecule has 0 N–H and O–H groups in total. The second kappa shape index (κ2) is 5.97. The maximum atomic E-state index is 7.14. The van der Waals surface area contributed by atoms with Gasteiger partial charge in [-0.1, -0.05) is 84.9 Å². The van der Waals surface area contributed by atoms with Crippen LogP contribution in [0.15, 0.2) is 84.9 Å². The van der Waals surface area contributed by atoms with E-state index in [1.54, 1.807) is 0 Å². The van der Waals surface area contributed by atoms with Gasteiger partial charge in [0.15, 0.2) is 0 Å². The number of hydrogen-bond acceptors (Lipinski definition) is 1. The Bertz CT molecular complexity index is 835. The second-order valence-electron chi connectivity index (χ2n) is 7.30. The summed E-state index contributed by atoms with van der Waals surface area (Å²) in [7, 11) is -2.19. The third-order valence-corrected chi connectivity index (χ3v) is 10.1. The van der Waals surface area contributed by atoms with Gasteiger partial charge >= 0.3 is 0 Å². The Morgan fingerprint density at radius 1 is 0.720 bits per heavy atom. The van der Waals surface area contributed by atoms with E-state index in [1.165, 1.54) is 40.4 Å². The Morgan fingerprint density at radius 2 is 1.32 bits per heavy atom. The molecule has 0 saturated carbocycles. The molecule has 3 aromatic rings. The number of fused-ring (bicyclic) bond motifs is 3. The van der Waals surface area contributed by atoms with Crippen LogP contribution in [0.25, 0.3) is 0 Å². The zero-order chi connectivity index (χ0) is 16.7. The highest BCUT2D eigenvalue weighted by molar-refractivity contribution is 6.97. The van der Waals surface area contributed by atoms with Gasteiger partial charge in [-0.3, -0.25) is 0 Å². The van der Waals surface area contributed by atoms with Gasteiger partial charge in [0.05, 0.1) is 6.10 Å². The molecule has 2 aliphatic rings. The lowest BCUT2D eigenvalue weighted by atomic mass is 10.0. The van der Waals surface area contributed by atoms with Gasteiger partial charge in [-0.2, -0.15) is 0 Å². The van der Waals surface area contributed by atoms with Crippen LogP contribution < -0.4 is 10.4 Å². The van der Waals surface area contributed by atoms with Crippen LogP contribution in [0.2, 0.25) is 6.04 Å². The van der Waals surface area contributed by atoms with E-state index in [0.29, 0.717) is 5.92 Å². The molecule has 3 aromatic carbocycles. The van der Waals surface area contributed by atoms with Crippen molar-refractivity contribution in [3.05, 3.63) is 96.1 Å². The van der Waals surface area contributed by atoms with Gasteiger partial charge in [0.25, 0.3) is 8.32 Å². The van der Waals surface area contributed by atoms with Crippen molar-refractivity contribution in [2.45, 2.75) is 25.0 Å². The Morgan fingerprint density at radius 3 is 2.00 bits per heavy atom. The zero-order valence-electron chi connectivity index (χ0n) is 14.3. The van der Waals surface area contributed by atoms with Gasteiger partial charge in [0.1, 0.15) is 0 Å². The summed E-state index contributed by atoms with van der Waals surface area (Å²) in [6.45, 7) is 0. The fourth-order valence-electron chi connectivity index (χ4n) is 4.72. The van der Waals surface area contributed by atoms with Crippen molar-refractivity contribution >= 4 is 18.7 Å². The summed E-state index contributed by atoms with van der Waals surface area (Å²) < 4.78 is 7.14. The van der Waals surface area contributed by atoms with Crippen LogP contribution in [0.3, 0.4) is 0 Å². The van der Waals surface area contributed by atoms with Crippen LogP contribution in [-0.4, -0.2) is 8.32 Å². The minimum absolute atomic E-state index is 0.261. The van der Waals surface area contributed by atoms with Gasteiger partial charge in [-0.05, 0) is 46.3 Å². The van der Waals surface area contributed by atoms with Gasteiger partial charge < -0.3 is 4.43 Å². The molecule has 1 heterocycles. The molecular weight excluding hydrogens is 320 g/mol. The largest absolute Gasteiger partial charge is 0.401 e. The maximum Gasteiger partial charge on any atom is 0.256 e. The smallest absolute Gasteiger partial charge is 0.256 e. The third kappa shape index (κ3) is 2.40. The topological polar surface area (TPSA) is 9.23 Å². The average molecular weight is 343 g/mol. The van der Waals surface area contributed by atoms with E-state index in [9.17, 15) is 0 Å². The first kappa shape index (κ1) is 15.1. The molecule has 1 aliphatic carbocycles. The highest BCUT2D eigenvalue weighted by Gasteiger charge is 2.49. The molecule has 25 heavy (non-hydrogen) atoms. The molecule has 0 amide bonds.